The number of benzene rings is 1. The van der Waals surface area contributed by atoms with E-state index in [0.717, 1.165) is 5.56 Å². The number of rotatable bonds is 6. The molecule has 0 radical (unpaired) electrons. The van der Waals surface area contributed by atoms with Crippen molar-refractivity contribution in [3.05, 3.63) is 29.3 Å². The van der Waals surface area contributed by atoms with Crippen LogP contribution in [0, 0.1) is 6.92 Å². The molecule has 0 amide bonds. The maximum absolute atomic E-state index is 12.3. The first-order chi connectivity index (χ1) is 9.31. The van der Waals surface area contributed by atoms with Gasteiger partial charge in [-0.05, 0) is 33.0 Å². The van der Waals surface area contributed by atoms with Crippen molar-refractivity contribution in [2.75, 3.05) is 20.7 Å². The van der Waals surface area contributed by atoms with E-state index in [-0.39, 0.29) is 23.0 Å². The largest absolute Gasteiger partial charge is 0.465 e. The third kappa shape index (κ3) is 4.03. The average molecular weight is 300 g/mol. The molecule has 0 saturated heterocycles. The number of likely N-dealkylation sites (N-methyl/N-ethyl adjacent to an activating group) is 1. The molecule has 0 heterocycles. The molecule has 0 aromatic heterocycles. The van der Waals surface area contributed by atoms with Gasteiger partial charge in [0.25, 0.3) is 0 Å². The number of ether oxygens (including phenoxy) is 1. The van der Waals surface area contributed by atoms with E-state index in [2.05, 4.69) is 14.8 Å². The highest BCUT2D eigenvalue weighted by molar-refractivity contribution is 7.89. The number of methoxy groups -OCH3 is 1. The summed E-state index contributed by atoms with van der Waals surface area (Å²) < 4.78 is 31.6. The van der Waals surface area contributed by atoms with Gasteiger partial charge < -0.3 is 10.1 Å². The fraction of sp³-hybridized carbons (Fsp3) is 0.462. The number of nitrogens with one attached hydrogen (secondary N) is 2. The second kappa shape index (κ2) is 6.83. The highest BCUT2D eigenvalue weighted by Gasteiger charge is 2.23. The van der Waals surface area contributed by atoms with Crippen LogP contribution in [0.15, 0.2) is 23.1 Å². The van der Waals surface area contributed by atoms with Gasteiger partial charge in [0.15, 0.2) is 0 Å². The van der Waals surface area contributed by atoms with Crippen LogP contribution in [0.1, 0.15) is 22.8 Å². The molecule has 0 fully saturated rings. The summed E-state index contributed by atoms with van der Waals surface area (Å²) in [5, 5.41) is 2.93. The number of carbonyl (C=O) groups is 1. The molecule has 2 N–H and O–H groups in total. The zero-order chi connectivity index (χ0) is 15.3. The van der Waals surface area contributed by atoms with Gasteiger partial charge in [-0.2, -0.15) is 0 Å². The Morgan fingerprint density at radius 1 is 1.40 bits per heavy atom. The highest BCUT2D eigenvalue weighted by atomic mass is 32.2. The molecule has 1 atom stereocenters. The van der Waals surface area contributed by atoms with Crippen LogP contribution in [0.5, 0.6) is 0 Å². The summed E-state index contributed by atoms with van der Waals surface area (Å²) in [6.45, 7) is 3.85. The lowest BCUT2D eigenvalue weighted by molar-refractivity contribution is 0.0596. The van der Waals surface area contributed by atoms with Gasteiger partial charge in [-0.1, -0.05) is 11.6 Å². The standard InChI is InChI=1S/C13H20N2O4S/c1-9-5-6-12(11(7-9)13(16)19-4)20(17,18)15-8-10(2)14-3/h5-7,10,14-15H,8H2,1-4H3. The summed E-state index contributed by atoms with van der Waals surface area (Å²) in [6.07, 6.45) is 0. The van der Waals surface area contributed by atoms with Crippen LogP contribution in [0.2, 0.25) is 0 Å². The minimum Gasteiger partial charge on any atom is -0.465 e. The smallest absolute Gasteiger partial charge is 0.339 e. The first-order valence-electron chi connectivity index (χ1n) is 6.17. The molecule has 0 aliphatic rings. The number of hydrogen-bond acceptors (Lipinski definition) is 5. The molecule has 0 spiro atoms. The number of aryl methyl sites for hydroxylation is 1. The molecule has 0 aliphatic carbocycles. The van der Waals surface area contributed by atoms with Crippen LogP contribution in [-0.2, 0) is 14.8 Å². The molecule has 20 heavy (non-hydrogen) atoms. The molecule has 0 aliphatic heterocycles. The second-order valence-electron chi connectivity index (χ2n) is 4.53. The van der Waals surface area contributed by atoms with Crippen LogP contribution >= 0.6 is 0 Å². The van der Waals surface area contributed by atoms with Crippen molar-refractivity contribution >= 4 is 16.0 Å². The third-order valence-corrected chi connectivity index (χ3v) is 4.38. The molecule has 6 nitrogen and oxygen atoms in total. The van der Waals surface area contributed by atoms with Crippen molar-refractivity contribution in [3.63, 3.8) is 0 Å². The molecule has 0 saturated carbocycles. The average Bonchev–Trinajstić information content (AvgIpc) is 2.43. The monoisotopic (exact) mass is 300 g/mol. The number of esters is 1. The van der Waals surface area contributed by atoms with E-state index in [1.807, 2.05) is 6.92 Å². The van der Waals surface area contributed by atoms with E-state index < -0.39 is 16.0 Å². The van der Waals surface area contributed by atoms with Crippen molar-refractivity contribution in [2.24, 2.45) is 0 Å². The summed E-state index contributed by atoms with van der Waals surface area (Å²) in [7, 11) is -0.798. The molecule has 112 valence electrons. The van der Waals surface area contributed by atoms with Crippen LogP contribution in [-0.4, -0.2) is 41.1 Å². The lowest BCUT2D eigenvalue weighted by Crippen LogP contribution is -2.37. The van der Waals surface area contributed by atoms with Gasteiger partial charge in [-0.25, -0.2) is 17.9 Å². The maximum Gasteiger partial charge on any atom is 0.339 e. The quantitative estimate of drug-likeness (QED) is 0.754. The fourth-order valence-corrected chi connectivity index (χ4v) is 2.87. The van der Waals surface area contributed by atoms with E-state index in [4.69, 9.17) is 0 Å². The molecule has 1 aromatic rings. The Morgan fingerprint density at radius 2 is 2.05 bits per heavy atom. The van der Waals surface area contributed by atoms with Gasteiger partial charge in [0.1, 0.15) is 0 Å². The minimum atomic E-state index is -3.76. The van der Waals surface area contributed by atoms with Crippen molar-refractivity contribution < 1.29 is 17.9 Å². The Balaban J connectivity index is 3.14. The third-order valence-electron chi connectivity index (χ3n) is 2.90. The summed E-state index contributed by atoms with van der Waals surface area (Å²) in [4.78, 5) is 11.6. The summed E-state index contributed by atoms with van der Waals surface area (Å²) in [6, 6.07) is 4.54. The van der Waals surface area contributed by atoms with Crippen LogP contribution in [0.3, 0.4) is 0 Å². The Bertz CT molecular complexity index is 584. The maximum atomic E-state index is 12.3. The predicted molar refractivity (Wildman–Crippen MR) is 76.2 cm³/mol. The van der Waals surface area contributed by atoms with E-state index in [9.17, 15) is 13.2 Å². The van der Waals surface area contributed by atoms with E-state index in [1.165, 1.54) is 19.2 Å². The Kier molecular flexibility index (Phi) is 5.67. The van der Waals surface area contributed by atoms with Gasteiger partial charge in [0.05, 0.1) is 17.6 Å². The normalized spacial score (nSPS) is 13.0. The topological polar surface area (TPSA) is 84.5 Å². The molecular weight excluding hydrogens is 280 g/mol. The van der Waals surface area contributed by atoms with Crippen LogP contribution < -0.4 is 10.0 Å². The summed E-state index contributed by atoms with van der Waals surface area (Å²) >= 11 is 0. The molecule has 7 heteroatoms. The lowest BCUT2D eigenvalue weighted by Gasteiger charge is -2.14. The van der Waals surface area contributed by atoms with Gasteiger partial charge >= 0.3 is 5.97 Å². The number of hydrogen-bond donors (Lipinski definition) is 2. The molecule has 1 aromatic carbocycles. The molecular formula is C13H20N2O4S. The molecule has 1 unspecified atom stereocenters. The second-order valence-corrected chi connectivity index (χ2v) is 6.27. The van der Waals surface area contributed by atoms with E-state index in [1.54, 1.807) is 20.0 Å². The molecule has 1 rings (SSSR count). The van der Waals surface area contributed by atoms with Crippen LogP contribution in [0.4, 0.5) is 0 Å². The van der Waals surface area contributed by atoms with Gasteiger partial charge in [0, 0.05) is 12.6 Å². The van der Waals surface area contributed by atoms with Crippen molar-refractivity contribution in [1.29, 1.82) is 0 Å². The minimum absolute atomic E-state index is 0.0169. The lowest BCUT2D eigenvalue weighted by atomic mass is 10.1. The Labute approximate surface area is 119 Å². The highest BCUT2D eigenvalue weighted by Crippen LogP contribution is 2.18. The van der Waals surface area contributed by atoms with Gasteiger partial charge in [-0.3, -0.25) is 0 Å². The zero-order valence-corrected chi connectivity index (χ0v) is 12.9. The predicted octanol–water partition coefficient (Wildman–Crippen LogP) is 0.668. The zero-order valence-electron chi connectivity index (χ0n) is 12.1. The SMILES string of the molecule is CNC(C)CNS(=O)(=O)c1ccc(C)cc1C(=O)OC. The van der Waals surface area contributed by atoms with Crippen molar-refractivity contribution in [3.8, 4) is 0 Å². The Morgan fingerprint density at radius 3 is 2.60 bits per heavy atom. The van der Waals surface area contributed by atoms with E-state index >= 15 is 0 Å². The van der Waals surface area contributed by atoms with Crippen molar-refractivity contribution in [1.82, 2.24) is 10.0 Å². The fourth-order valence-electron chi connectivity index (χ4n) is 1.56. The first-order valence-corrected chi connectivity index (χ1v) is 7.66. The van der Waals surface area contributed by atoms with Crippen LogP contribution in [0.25, 0.3) is 0 Å². The Hall–Kier alpha value is -1.44. The van der Waals surface area contributed by atoms with Gasteiger partial charge in [-0.15, -0.1) is 0 Å². The van der Waals surface area contributed by atoms with Gasteiger partial charge in [0.2, 0.25) is 10.0 Å². The summed E-state index contributed by atoms with van der Waals surface area (Å²) in [5.74, 6) is -0.671. The number of carbonyl (C=O) groups excluding carboxylic acids is 1. The summed E-state index contributed by atoms with van der Waals surface area (Å²) in [5.41, 5.74) is 0.824. The molecule has 0 bridgehead atoms. The first kappa shape index (κ1) is 16.6. The number of sulfonamides is 1. The van der Waals surface area contributed by atoms with Crippen molar-refractivity contribution in [2.45, 2.75) is 24.8 Å². The van der Waals surface area contributed by atoms with E-state index in [0.29, 0.717) is 0 Å².